The van der Waals surface area contributed by atoms with Gasteiger partial charge in [-0.1, -0.05) is 12.1 Å². The van der Waals surface area contributed by atoms with E-state index in [-0.39, 0.29) is 12.1 Å². The molecule has 0 saturated heterocycles. The summed E-state index contributed by atoms with van der Waals surface area (Å²) in [6.07, 6.45) is 0.183. The maximum absolute atomic E-state index is 6.19. The van der Waals surface area contributed by atoms with Crippen molar-refractivity contribution in [3.8, 4) is 5.75 Å². The van der Waals surface area contributed by atoms with Gasteiger partial charge in [0.25, 0.3) is 0 Å². The van der Waals surface area contributed by atoms with E-state index in [4.69, 9.17) is 4.74 Å². The quantitative estimate of drug-likeness (QED) is 0.927. The Bertz CT molecular complexity index is 567. The number of aryl methyl sites for hydroxylation is 1. The predicted octanol–water partition coefficient (Wildman–Crippen LogP) is 3.87. The summed E-state index contributed by atoms with van der Waals surface area (Å²) in [6.45, 7) is 2.17. The Morgan fingerprint density at radius 1 is 1.32 bits per heavy atom. The van der Waals surface area contributed by atoms with Crippen LogP contribution in [0.4, 0.5) is 0 Å². The molecule has 1 aliphatic rings. The van der Waals surface area contributed by atoms with Gasteiger partial charge in [0.2, 0.25) is 0 Å². The number of rotatable bonds is 3. The van der Waals surface area contributed by atoms with Gasteiger partial charge in [0.1, 0.15) is 11.9 Å². The van der Waals surface area contributed by atoms with Crippen molar-refractivity contribution in [3.05, 3.63) is 46.2 Å². The van der Waals surface area contributed by atoms with E-state index in [2.05, 4.69) is 41.9 Å². The average Bonchev–Trinajstić information content (AvgIpc) is 2.86. The first-order valence-electron chi connectivity index (χ1n) is 6.39. The Morgan fingerprint density at radius 3 is 2.89 bits per heavy atom. The Kier molecular flexibility index (Phi) is 3.82. The SMILES string of the molecule is CNC(c1sccc1C)C1CSc2ccccc2O1. The molecule has 3 rings (SSSR count). The van der Waals surface area contributed by atoms with E-state index in [0.29, 0.717) is 0 Å². The number of thioether (sulfide) groups is 1. The second-order valence-electron chi connectivity index (χ2n) is 4.65. The van der Waals surface area contributed by atoms with Crippen LogP contribution >= 0.6 is 23.1 Å². The average molecular weight is 291 g/mol. The number of nitrogens with one attached hydrogen (secondary N) is 1. The van der Waals surface area contributed by atoms with E-state index in [1.165, 1.54) is 15.3 Å². The highest BCUT2D eigenvalue weighted by Gasteiger charge is 2.29. The van der Waals surface area contributed by atoms with Crippen molar-refractivity contribution in [2.75, 3.05) is 12.8 Å². The summed E-state index contributed by atoms with van der Waals surface area (Å²) in [6, 6.07) is 10.7. The van der Waals surface area contributed by atoms with E-state index < -0.39 is 0 Å². The van der Waals surface area contributed by atoms with Gasteiger partial charge in [0, 0.05) is 15.5 Å². The maximum atomic E-state index is 6.19. The largest absolute Gasteiger partial charge is 0.486 e. The minimum atomic E-state index is 0.183. The molecule has 2 nitrogen and oxygen atoms in total. The molecule has 0 fully saturated rings. The molecule has 1 aliphatic heterocycles. The molecule has 2 unspecified atom stereocenters. The van der Waals surface area contributed by atoms with Crippen LogP contribution < -0.4 is 10.1 Å². The normalized spacial score (nSPS) is 19.6. The summed E-state index contributed by atoms with van der Waals surface area (Å²) < 4.78 is 6.19. The lowest BCUT2D eigenvalue weighted by atomic mass is 10.1. The highest BCUT2D eigenvalue weighted by molar-refractivity contribution is 7.99. The molecule has 0 saturated carbocycles. The zero-order valence-corrected chi connectivity index (χ0v) is 12.7. The molecule has 2 aromatic rings. The number of hydrogen-bond donors (Lipinski definition) is 1. The van der Waals surface area contributed by atoms with E-state index >= 15 is 0 Å². The predicted molar refractivity (Wildman–Crippen MR) is 82.4 cm³/mol. The molecule has 2 atom stereocenters. The van der Waals surface area contributed by atoms with Gasteiger partial charge in [-0.15, -0.1) is 23.1 Å². The summed E-state index contributed by atoms with van der Waals surface area (Å²) in [5.74, 6) is 2.00. The molecule has 19 heavy (non-hydrogen) atoms. The molecule has 1 aromatic carbocycles. The summed E-state index contributed by atoms with van der Waals surface area (Å²) >= 11 is 3.69. The maximum Gasteiger partial charge on any atom is 0.133 e. The number of thiophene rings is 1. The third kappa shape index (κ3) is 2.53. The third-order valence-corrected chi connectivity index (χ3v) is 5.64. The third-order valence-electron chi connectivity index (χ3n) is 3.40. The molecule has 4 heteroatoms. The van der Waals surface area contributed by atoms with Crippen LogP contribution in [0, 0.1) is 6.92 Å². The molecule has 0 aliphatic carbocycles. The number of hydrogen-bond acceptors (Lipinski definition) is 4. The van der Waals surface area contributed by atoms with E-state index in [1.807, 2.05) is 24.9 Å². The summed E-state index contributed by atoms with van der Waals surface area (Å²) in [4.78, 5) is 2.63. The van der Waals surface area contributed by atoms with Crippen LogP contribution in [0.2, 0.25) is 0 Å². The van der Waals surface area contributed by atoms with Crippen LogP contribution in [-0.4, -0.2) is 18.9 Å². The molecular formula is C15H17NOS2. The van der Waals surface area contributed by atoms with E-state index in [1.54, 1.807) is 11.3 Å². The summed E-state index contributed by atoms with van der Waals surface area (Å²) in [7, 11) is 2.01. The number of para-hydroxylation sites is 1. The van der Waals surface area contributed by atoms with Crippen LogP contribution in [0.3, 0.4) is 0 Å². The smallest absolute Gasteiger partial charge is 0.133 e. The Hall–Kier alpha value is -0.970. The fraction of sp³-hybridized carbons (Fsp3) is 0.333. The van der Waals surface area contributed by atoms with Crippen molar-refractivity contribution in [2.24, 2.45) is 0 Å². The minimum absolute atomic E-state index is 0.183. The molecule has 0 spiro atoms. The van der Waals surface area contributed by atoms with E-state index in [0.717, 1.165) is 11.5 Å². The minimum Gasteiger partial charge on any atom is -0.486 e. The topological polar surface area (TPSA) is 21.3 Å². The van der Waals surface area contributed by atoms with Gasteiger partial charge in [-0.25, -0.2) is 0 Å². The molecule has 1 aromatic heterocycles. The van der Waals surface area contributed by atoms with Gasteiger partial charge in [0.15, 0.2) is 0 Å². The molecule has 0 amide bonds. The van der Waals surface area contributed by atoms with E-state index in [9.17, 15) is 0 Å². The van der Waals surface area contributed by atoms with Crippen molar-refractivity contribution in [2.45, 2.75) is 24.0 Å². The lowest BCUT2D eigenvalue weighted by molar-refractivity contribution is 0.172. The van der Waals surface area contributed by atoms with Gasteiger partial charge in [0.05, 0.1) is 6.04 Å². The van der Waals surface area contributed by atoms with Crippen molar-refractivity contribution >= 4 is 23.1 Å². The summed E-state index contributed by atoms with van der Waals surface area (Å²) in [5.41, 5.74) is 1.34. The van der Waals surface area contributed by atoms with Crippen LogP contribution in [0.1, 0.15) is 16.5 Å². The second kappa shape index (κ2) is 5.57. The fourth-order valence-corrected chi connectivity index (χ4v) is 4.52. The zero-order valence-electron chi connectivity index (χ0n) is 11.1. The Labute approximate surface area is 122 Å². The van der Waals surface area contributed by atoms with Gasteiger partial charge in [-0.2, -0.15) is 0 Å². The van der Waals surface area contributed by atoms with Gasteiger partial charge in [-0.05, 0) is 43.1 Å². The molecule has 0 bridgehead atoms. The number of likely N-dealkylation sites (N-methyl/N-ethyl adjacent to an activating group) is 1. The number of fused-ring (bicyclic) bond motifs is 1. The van der Waals surface area contributed by atoms with Gasteiger partial charge < -0.3 is 10.1 Å². The summed E-state index contributed by atoms with van der Waals surface area (Å²) in [5, 5.41) is 5.57. The van der Waals surface area contributed by atoms with Crippen LogP contribution in [0.25, 0.3) is 0 Å². The first-order chi connectivity index (χ1) is 9.29. The fourth-order valence-electron chi connectivity index (χ4n) is 2.39. The molecule has 1 N–H and O–H groups in total. The molecule has 0 radical (unpaired) electrons. The lowest BCUT2D eigenvalue weighted by Gasteiger charge is -2.31. The first kappa shape index (κ1) is 13.0. The number of benzene rings is 1. The van der Waals surface area contributed by atoms with Gasteiger partial charge >= 0.3 is 0 Å². The van der Waals surface area contributed by atoms with Crippen LogP contribution in [0.15, 0.2) is 40.6 Å². The first-order valence-corrected chi connectivity index (χ1v) is 8.26. The van der Waals surface area contributed by atoms with Crippen molar-refractivity contribution in [1.82, 2.24) is 5.32 Å². The standard InChI is InChI=1S/C15H17NOS2/c1-10-7-8-18-15(10)14(16-2)12-9-19-13-6-4-3-5-11(13)17-12/h3-8,12,14,16H,9H2,1-2H3. The van der Waals surface area contributed by atoms with Crippen molar-refractivity contribution in [3.63, 3.8) is 0 Å². The second-order valence-corrected chi connectivity index (χ2v) is 6.66. The van der Waals surface area contributed by atoms with Crippen molar-refractivity contribution < 1.29 is 4.74 Å². The molecule has 100 valence electrons. The highest BCUT2D eigenvalue weighted by atomic mass is 32.2. The number of ether oxygens (including phenoxy) is 1. The molecular weight excluding hydrogens is 274 g/mol. The zero-order chi connectivity index (χ0) is 13.2. The van der Waals surface area contributed by atoms with Crippen LogP contribution in [-0.2, 0) is 0 Å². The van der Waals surface area contributed by atoms with Gasteiger partial charge in [-0.3, -0.25) is 0 Å². The Morgan fingerprint density at radius 2 is 2.16 bits per heavy atom. The molecule has 2 heterocycles. The van der Waals surface area contributed by atoms with Crippen LogP contribution in [0.5, 0.6) is 5.75 Å². The van der Waals surface area contributed by atoms with Crippen molar-refractivity contribution in [1.29, 1.82) is 0 Å². The highest BCUT2D eigenvalue weighted by Crippen LogP contribution is 2.39. The lowest BCUT2D eigenvalue weighted by Crippen LogP contribution is -2.37. The monoisotopic (exact) mass is 291 g/mol. The Balaban J connectivity index is 1.85.